The van der Waals surface area contributed by atoms with E-state index in [9.17, 15) is 0 Å². The number of fused-ring (bicyclic) bond motifs is 13. The quantitative estimate of drug-likeness (QED) is 0.170. The Labute approximate surface area is 303 Å². The SMILES string of the molecule is c1ccc(-c2ccc(N(c3ccc4c(c3)-c3ccccc3C43c4ccccc4-c4ccccc43)c3ccc4c(ccc5ccccc54)c3)cc2)cc1. The summed E-state index contributed by atoms with van der Waals surface area (Å²) >= 11 is 0. The van der Waals surface area contributed by atoms with Crippen molar-refractivity contribution in [1.82, 2.24) is 0 Å². The molecule has 2 aliphatic carbocycles. The lowest BCUT2D eigenvalue weighted by atomic mass is 9.70. The van der Waals surface area contributed by atoms with Crippen LogP contribution >= 0.6 is 0 Å². The first-order valence-electron chi connectivity index (χ1n) is 18.1. The molecule has 1 heteroatoms. The minimum Gasteiger partial charge on any atom is -0.310 e. The van der Waals surface area contributed by atoms with Crippen molar-refractivity contribution in [1.29, 1.82) is 0 Å². The van der Waals surface area contributed by atoms with Crippen molar-refractivity contribution in [2.45, 2.75) is 5.41 Å². The number of nitrogens with zero attached hydrogens (tertiary/aromatic N) is 1. The number of anilines is 3. The number of rotatable bonds is 4. The Morgan fingerprint density at radius 1 is 0.288 bits per heavy atom. The Kier molecular flexibility index (Phi) is 6.23. The zero-order valence-corrected chi connectivity index (χ0v) is 28.5. The summed E-state index contributed by atoms with van der Waals surface area (Å²) in [5.41, 5.74) is 16.1. The zero-order valence-electron chi connectivity index (χ0n) is 28.5. The highest BCUT2D eigenvalue weighted by Gasteiger charge is 2.51. The standard InChI is InChI=1S/C51H33N/c1-2-12-34(13-3-1)35-24-26-38(27-25-35)52(39-28-30-42-37(32-39)23-22-36-14-4-5-15-41(36)42)40-29-31-50-46(33-40)45-18-8-11-21-49(45)51(50)47-19-9-6-16-43(47)44-17-7-10-20-48(44)51/h1-33H. The van der Waals surface area contributed by atoms with E-state index in [0.717, 1.165) is 17.1 Å². The van der Waals surface area contributed by atoms with E-state index in [0.29, 0.717) is 0 Å². The van der Waals surface area contributed by atoms with Crippen molar-refractivity contribution < 1.29 is 0 Å². The van der Waals surface area contributed by atoms with Gasteiger partial charge in [0.2, 0.25) is 0 Å². The van der Waals surface area contributed by atoms with Crippen LogP contribution in [-0.2, 0) is 5.41 Å². The minimum atomic E-state index is -0.357. The van der Waals surface area contributed by atoms with Crippen LogP contribution < -0.4 is 4.90 Å². The van der Waals surface area contributed by atoms with Gasteiger partial charge in [-0.15, -0.1) is 0 Å². The smallest absolute Gasteiger partial charge is 0.0725 e. The van der Waals surface area contributed by atoms with E-state index in [-0.39, 0.29) is 5.41 Å². The molecular formula is C51H33N. The molecule has 2 aliphatic rings. The Morgan fingerprint density at radius 2 is 0.769 bits per heavy atom. The van der Waals surface area contributed by atoms with E-state index in [1.807, 2.05) is 0 Å². The van der Waals surface area contributed by atoms with Gasteiger partial charge in [0.15, 0.2) is 0 Å². The summed E-state index contributed by atoms with van der Waals surface area (Å²) in [6.45, 7) is 0. The maximum absolute atomic E-state index is 2.43. The van der Waals surface area contributed by atoms with Crippen LogP contribution in [0.2, 0.25) is 0 Å². The van der Waals surface area contributed by atoms with Crippen molar-refractivity contribution in [3.63, 3.8) is 0 Å². The minimum absolute atomic E-state index is 0.357. The van der Waals surface area contributed by atoms with Gasteiger partial charge < -0.3 is 4.90 Å². The average Bonchev–Trinajstić information content (AvgIpc) is 3.68. The summed E-state index contributed by atoms with van der Waals surface area (Å²) in [6, 6.07) is 74.0. The monoisotopic (exact) mass is 659 g/mol. The predicted molar refractivity (Wildman–Crippen MR) is 218 cm³/mol. The molecule has 0 heterocycles. The molecule has 1 nitrogen and oxygen atoms in total. The topological polar surface area (TPSA) is 3.24 Å². The molecule has 0 amide bonds. The molecule has 0 saturated heterocycles. The molecule has 0 unspecified atom stereocenters. The summed E-state index contributed by atoms with van der Waals surface area (Å²) < 4.78 is 0. The molecule has 9 aromatic rings. The fraction of sp³-hybridized carbons (Fsp3) is 0.0196. The summed E-state index contributed by atoms with van der Waals surface area (Å²) in [5, 5.41) is 5.04. The molecule has 0 aromatic heterocycles. The number of hydrogen-bond acceptors (Lipinski definition) is 1. The van der Waals surface area contributed by atoms with Crippen LogP contribution in [0.15, 0.2) is 200 Å². The van der Waals surface area contributed by atoms with Gasteiger partial charge in [0.05, 0.1) is 5.41 Å². The molecule has 0 radical (unpaired) electrons. The molecule has 0 N–H and O–H groups in total. The van der Waals surface area contributed by atoms with Crippen LogP contribution in [-0.4, -0.2) is 0 Å². The van der Waals surface area contributed by atoms with Crippen molar-refractivity contribution in [2.24, 2.45) is 0 Å². The van der Waals surface area contributed by atoms with Gasteiger partial charge in [-0.05, 0) is 114 Å². The van der Waals surface area contributed by atoms with E-state index in [2.05, 4.69) is 205 Å². The van der Waals surface area contributed by atoms with E-state index in [1.165, 1.54) is 77.2 Å². The van der Waals surface area contributed by atoms with Crippen LogP contribution in [0, 0.1) is 0 Å². The van der Waals surface area contributed by atoms with E-state index < -0.39 is 0 Å². The maximum Gasteiger partial charge on any atom is 0.0725 e. The first-order chi connectivity index (χ1) is 25.8. The van der Waals surface area contributed by atoms with Gasteiger partial charge in [-0.1, -0.05) is 164 Å². The van der Waals surface area contributed by atoms with Gasteiger partial charge in [0.25, 0.3) is 0 Å². The Balaban J connectivity index is 1.13. The second-order valence-corrected chi connectivity index (χ2v) is 14.1. The van der Waals surface area contributed by atoms with Crippen molar-refractivity contribution in [2.75, 3.05) is 4.90 Å². The Hall–Kier alpha value is -6.70. The molecule has 11 rings (SSSR count). The molecule has 0 bridgehead atoms. The Bertz CT molecular complexity index is 2800. The second kappa shape index (κ2) is 11.2. The van der Waals surface area contributed by atoms with Crippen molar-refractivity contribution >= 4 is 38.6 Å². The average molecular weight is 660 g/mol. The molecule has 52 heavy (non-hydrogen) atoms. The van der Waals surface area contributed by atoms with Crippen LogP contribution in [0.5, 0.6) is 0 Å². The highest BCUT2D eigenvalue weighted by atomic mass is 15.1. The lowest BCUT2D eigenvalue weighted by Crippen LogP contribution is -2.25. The van der Waals surface area contributed by atoms with Gasteiger partial charge in [-0.25, -0.2) is 0 Å². The predicted octanol–water partition coefficient (Wildman–Crippen LogP) is 13.5. The summed E-state index contributed by atoms with van der Waals surface area (Å²) in [7, 11) is 0. The molecule has 0 aliphatic heterocycles. The third-order valence-electron chi connectivity index (χ3n) is 11.5. The second-order valence-electron chi connectivity index (χ2n) is 14.1. The highest BCUT2D eigenvalue weighted by molar-refractivity contribution is 6.08. The molecule has 242 valence electrons. The lowest BCUT2D eigenvalue weighted by molar-refractivity contribution is 0.794. The van der Waals surface area contributed by atoms with Crippen molar-refractivity contribution in [3.05, 3.63) is 222 Å². The third-order valence-corrected chi connectivity index (χ3v) is 11.5. The molecule has 1 spiro atoms. The maximum atomic E-state index is 2.43. The van der Waals surface area contributed by atoms with Crippen LogP contribution in [0.4, 0.5) is 17.1 Å². The molecule has 0 atom stereocenters. The van der Waals surface area contributed by atoms with Gasteiger partial charge >= 0.3 is 0 Å². The summed E-state index contributed by atoms with van der Waals surface area (Å²) in [4.78, 5) is 2.42. The van der Waals surface area contributed by atoms with Crippen LogP contribution in [0.25, 0.3) is 54.9 Å². The van der Waals surface area contributed by atoms with Gasteiger partial charge in [-0.3, -0.25) is 0 Å². The van der Waals surface area contributed by atoms with E-state index in [4.69, 9.17) is 0 Å². The zero-order chi connectivity index (χ0) is 34.2. The van der Waals surface area contributed by atoms with Gasteiger partial charge in [0, 0.05) is 17.1 Å². The number of hydrogen-bond donors (Lipinski definition) is 0. The molecule has 9 aromatic carbocycles. The first kappa shape index (κ1) is 29.1. The fourth-order valence-electron chi connectivity index (χ4n) is 9.25. The van der Waals surface area contributed by atoms with Crippen LogP contribution in [0.3, 0.4) is 0 Å². The van der Waals surface area contributed by atoms with Crippen molar-refractivity contribution in [3.8, 4) is 33.4 Å². The van der Waals surface area contributed by atoms with Gasteiger partial charge in [0.1, 0.15) is 0 Å². The van der Waals surface area contributed by atoms with Gasteiger partial charge in [-0.2, -0.15) is 0 Å². The van der Waals surface area contributed by atoms with Crippen LogP contribution in [0.1, 0.15) is 22.3 Å². The summed E-state index contributed by atoms with van der Waals surface area (Å²) in [6.07, 6.45) is 0. The third kappa shape index (κ3) is 4.05. The fourth-order valence-corrected chi connectivity index (χ4v) is 9.25. The summed E-state index contributed by atoms with van der Waals surface area (Å²) in [5.74, 6) is 0. The van der Waals surface area contributed by atoms with E-state index >= 15 is 0 Å². The first-order valence-corrected chi connectivity index (χ1v) is 18.1. The molecular weight excluding hydrogens is 627 g/mol. The normalized spacial score (nSPS) is 13.2. The van der Waals surface area contributed by atoms with E-state index in [1.54, 1.807) is 0 Å². The highest BCUT2D eigenvalue weighted by Crippen LogP contribution is 2.63. The lowest BCUT2D eigenvalue weighted by Gasteiger charge is -2.31. The number of benzene rings is 9. The largest absolute Gasteiger partial charge is 0.310 e. The molecule has 0 saturated carbocycles. The Morgan fingerprint density at radius 3 is 1.48 bits per heavy atom. The molecule has 0 fully saturated rings.